The van der Waals surface area contributed by atoms with Gasteiger partial charge < -0.3 is 20.1 Å². The zero-order valence-electron chi connectivity index (χ0n) is 15.9. The highest BCUT2D eigenvalue weighted by Gasteiger charge is 2.18. The number of likely N-dealkylation sites (tertiary alicyclic amines) is 1. The molecule has 1 aliphatic rings. The summed E-state index contributed by atoms with van der Waals surface area (Å²) in [6.45, 7) is 4.54. The molecule has 0 saturated carbocycles. The van der Waals surface area contributed by atoms with Crippen molar-refractivity contribution < 1.29 is 9.84 Å². The number of rotatable bonds is 7. The monoisotopic (exact) mass is 390 g/mol. The number of nitrogens with zero attached hydrogens (tertiary/aromatic N) is 3. The third-order valence-electron chi connectivity index (χ3n) is 4.73. The molecule has 0 unspecified atom stereocenters. The predicted octanol–water partition coefficient (Wildman–Crippen LogP) is 3.45. The third kappa shape index (κ3) is 5.79. The summed E-state index contributed by atoms with van der Waals surface area (Å²) in [7, 11) is 2.14. The predicted molar refractivity (Wildman–Crippen MR) is 108 cm³/mol. The zero-order chi connectivity index (χ0) is 19.2. The molecule has 1 atom stereocenters. The molecule has 3 heterocycles. The van der Waals surface area contributed by atoms with Gasteiger partial charge in [-0.3, -0.25) is 4.98 Å². The molecule has 1 aliphatic heterocycles. The van der Waals surface area contributed by atoms with Gasteiger partial charge in [-0.15, -0.1) is 0 Å². The molecule has 2 aromatic rings. The Balaban J connectivity index is 1.69. The van der Waals surface area contributed by atoms with Gasteiger partial charge in [0.15, 0.2) is 0 Å². The van der Waals surface area contributed by atoms with Gasteiger partial charge in [-0.25, -0.2) is 4.98 Å². The van der Waals surface area contributed by atoms with E-state index in [1.807, 2.05) is 12.1 Å². The highest BCUT2D eigenvalue weighted by atomic mass is 35.5. The second-order valence-corrected chi connectivity index (χ2v) is 7.50. The van der Waals surface area contributed by atoms with Crippen LogP contribution in [0.4, 0.5) is 5.69 Å². The van der Waals surface area contributed by atoms with Gasteiger partial charge in [0.1, 0.15) is 17.0 Å². The molecule has 0 bridgehead atoms. The summed E-state index contributed by atoms with van der Waals surface area (Å²) in [5.74, 6) is 0.791. The van der Waals surface area contributed by atoms with E-state index in [1.165, 1.54) is 0 Å². The Morgan fingerprint density at radius 2 is 2.07 bits per heavy atom. The average molecular weight is 391 g/mol. The van der Waals surface area contributed by atoms with E-state index >= 15 is 0 Å². The van der Waals surface area contributed by atoms with Crippen molar-refractivity contribution in [3.8, 4) is 17.0 Å². The van der Waals surface area contributed by atoms with Gasteiger partial charge in [0.05, 0.1) is 18.0 Å². The van der Waals surface area contributed by atoms with Gasteiger partial charge in [-0.05, 0) is 51.4 Å². The molecule has 7 heteroatoms. The Morgan fingerprint density at radius 3 is 2.74 bits per heavy atom. The minimum absolute atomic E-state index is 0.253. The summed E-state index contributed by atoms with van der Waals surface area (Å²) in [6, 6.07) is 5.67. The molecule has 1 fully saturated rings. The fraction of sp³-hybridized carbons (Fsp3) is 0.500. The SMILES string of the molecule is C[C@H](O)CCNc1cc(Cl)ncc1-c1ccc(OC2CCN(C)CC2)cn1. The number of ether oxygens (including phenoxy) is 1. The molecule has 0 aliphatic carbocycles. The number of aromatic nitrogens is 2. The minimum Gasteiger partial charge on any atom is -0.489 e. The van der Waals surface area contributed by atoms with Gasteiger partial charge in [0.25, 0.3) is 0 Å². The van der Waals surface area contributed by atoms with Crippen LogP contribution in [0.5, 0.6) is 5.75 Å². The molecule has 3 rings (SSSR count). The number of pyridine rings is 2. The molecule has 2 N–H and O–H groups in total. The van der Waals surface area contributed by atoms with Crippen LogP contribution in [0.1, 0.15) is 26.2 Å². The number of halogens is 1. The molecular weight excluding hydrogens is 364 g/mol. The lowest BCUT2D eigenvalue weighted by molar-refractivity contribution is 0.114. The number of piperidine rings is 1. The van der Waals surface area contributed by atoms with E-state index in [0.717, 1.165) is 48.6 Å². The molecule has 0 amide bonds. The maximum Gasteiger partial charge on any atom is 0.138 e. The molecule has 27 heavy (non-hydrogen) atoms. The van der Waals surface area contributed by atoms with Crippen LogP contribution in [0.15, 0.2) is 30.6 Å². The summed E-state index contributed by atoms with van der Waals surface area (Å²) in [5, 5.41) is 13.2. The van der Waals surface area contributed by atoms with E-state index in [4.69, 9.17) is 16.3 Å². The Hall–Kier alpha value is -1.89. The van der Waals surface area contributed by atoms with Crippen LogP contribution in [0.2, 0.25) is 5.15 Å². The van der Waals surface area contributed by atoms with Crippen LogP contribution in [-0.2, 0) is 0 Å². The highest BCUT2D eigenvalue weighted by Crippen LogP contribution is 2.29. The van der Waals surface area contributed by atoms with Gasteiger partial charge in [0.2, 0.25) is 0 Å². The summed E-state index contributed by atoms with van der Waals surface area (Å²) in [4.78, 5) is 11.1. The van der Waals surface area contributed by atoms with Crippen LogP contribution in [0.25, 0.3) is 11.3 Å². The standard InChI is InChI=1S/C20H27ClN4O2/c1-14(26)5-8-22-19-11-20(21)24-13-17(19)18-4-3-16(12-23-18)27-15-6-9-25(2)10-7-15/h3-4,11-15,26H,5-10H2,1-2H3,(H,22,24)/t14-/m0/s1. The van der Waals surface area contributed by atoms with E-state index in [0.29, 0.717) is 18.1 Å². The quantitative estimate of drug-likeness (QED) is 0.705. The lowest BCUT2D eigenvalue weighted by Crippen LogP contribution is -2.35. The van der Waals surface area contributed by atoms with Gasteiger partial charge in [-0.2, -0.15) is 0 Å². The van der Waals surface area contributed by atoms with Gasteiger partial charge in [0, 0.05) is 37.1 Å². The van der Waals surface area contributed by atoms with E-state index in [2.05, 4.69) is 27.2 Å². The first-order valence-corrected chi connectivity index (χ1v) is 9.78. The first-order chi connectivity index (χ1) is 13.0. The molecule has 6 nitrogen and oxygen atoms in total. The van der Waals surface area contributed by atoms with Crippen molar-refractivity contribution in [2.45, 2.75) is 38.4 Å². The molecule has 1 saturated heterocycles. The summed E-state index contributed by atoms with van der Waals surface area (Å²) in [6.07, 6.45) is 6.11. The van der Waals surface area contributed by atoms with Crippen molar-refractivity contribution in [2.24, 2.45) is 0 Å². The first-order valence-electron chi connectivity index (χ1n) is 9.40. The molecule has 0 radical (unpaired) electrons. The molecule has 146 valence electrons. The second kappa shape index (κ2) is 9.35. The maximum absolute atomic E-state index is 9.44. The fourth-order valence-corrected chi connectivity index (χ4v) is 3.26. The van der Waals surface area contributed by atoms with Crippen LogP contribution < -0.4 is 10.1 Å². The largest absolute Gasteiger partial charge is 0.489 e. The normalized spacial score (nSPS) is 16.9. The molecule has 0 spiro atoms. The van der Waals surface area contributed by atoms with Crippen molar-refractivity contribution in [2.75, 3.05) is 32.0 Å². The smallest absolute Gasteiger partial charge is 0.138 e. The Labute approximate surface area is 165 Å². The van der Waals surface area contributed by atoms with Crippen LogP contribution in [0.3, 0.4) is 0 Å². The van der Waals surface area contributed by atoms with Crippen LogP contribution >= 0.6 is 11.6 Å². The Bertz CT molecular complexity index is 731. The molecular formula is C20H27ClN4O2. The number of aliphatic hydroxyl groups is 1. The zero-order valence-corrected chi connectivity index (χ0v) is 16.6. The summed E-state index contributed by atoms with van der Waals surface area (Å²) >= 11 is 6.05. The van der Waals surface area contributed by atoms with Crippen LogP contribution in [0, 0.1) is 0 Å². The first kappa shape index (κ1) is 19.9. The van der Waals surface area contributed by atoms with E-state index in [-0.39, 0.29) is 12.2 Å². The molecule has 0 aromatic carbocycles. The lowest BCUT2D eigenvalue weighted by atomic mass is 10.1. The van der Waals surface area contributed by atoms with Crippen molar-refractivity contribution in [1.82, 2.24) is 14.9 Å². The molecule has 2 aromatic heterocycles. The number of anilines is 1. The van der Waals surface area contributed by atoms with Gasteiger partial charge >= 0.3 is 0 Å². The summed E-state index contributed by atoms with van der Waals surface area (Å²) < 4.78 is 6.07. The Morgan fingerprint density at radius 1 is 1.30 bits per heavy atom. The topological polar surface area (TPSA) is 70.5 Å². The van der Waals surface area contributed by atoms with Gasteiger partial charge in [-0.1, -0.05) is 11.6 Å². The van der Waals surface area contributed by atoms with Crippen molar-refractivity contribution in [1.29, 1.82) is 0 Å². The Kier molecular flexibility index (Phi) is 6.88. The van der Waals surface area contributed by atoms with Crippen molar-refractivity contribution in [3.63, 3.8) is 0 Å². The van der Waals surface area contributed by atoms with E-state index in [9.17, 15) is 5.11 Å². The number of nitrogens with one attached hydrogen (secondary N) is 1. The average Bonchev–Trinajstić information content (AvgIpc) is 2.64. The van der Waals surface area contributed by atoms with E-state index < -0.39 is 0 Å². The van der Waals surface area contributed by atoms with E-state index in [1.54, 1.807) is 25.4 Å². The minimum atomic E-state index is -0.354. The van der Waals surface area contributed by atoms with Crippen molar-refractivity contribution >= 4 is 17.3 Å². The lowest BCUT2D eigenvalue weighted by Gasteiger charge is -2.29. The second-order valence-electron chi connectivity index (χ2n) is 7.12. The highest BCUT2D eigenvalue weighted by molar-refractivity contribution is 6.29. The summed E-state index contributed by atoms with van der Waals surface area (Å²) in [5.41, 5.74) is 2.53. The number of hydrogen-bond donors (Lipinski definition) is 2. The number of hydrogen-bond acceptors (Lipinski definition) is 6. The maximum atomic E-state index is 9.44. The third-order valence-corrected chi connectivity index (χ3v) is 4.94. The van der Waals surface area contributed by atoms with Crippen LogP contribution in [-0.4, -0.2) is 58.9 Å². The van der Waals surface area contributed by atoms with Crippen molar-refractivity contribution in [3.05, 3.63) is 35.7 Å². The fourth-order valence-electron chi connectivity index (χ4n) is 3.10. The number of aliphatic hydroxyl groups excluding tert-OH is 1.